The van der Waals surface area contributed by atoms with Gasteiger partial charge in [-0.3, -0.25) is 4.79 Å². The van der Waals surface area contributed by atoms with Crippen LogP contribution in [0.1, 0.15) is 41.6 Å². The molecule has 0 spiro atoms. The van der Waals surface area contributed by atoms with Gasteiger partial charge in [-0.1, -0.05) is 31.0 Å². The smallest absolute Gasteiger partial charge is 0.167 e. The number of hydrogen-bond acceptors (Lipinski definition) is 2. The average molecular weight is 199 g/mol. The third-order valence-corrected chi connectivity index (χ3v) is 3.04. The summed E-state index contributed by atoms with van der Waals surface area (Å²) >= 11 is 0. The molecule has 2 nitrogen and oxygen atoms in total. The molecule has 1 aliphatic carbocycles. The van der Waals surface area contributed by atoms with Crippen molar-refractivity contribution in [1.29, 1.82) is 5.26 Å². The Labute approximate surface area is 89.5 Å². The number of carbonyl (C=O) groups is 1. The van der Waals surface area contributed by atoms with Crippen LogP contribution in [0.25, 0.3) is 0 Å². The lowest BCUT2D eigenvalue weighted by atomic mass is 9.93. The van der Waals surface area contributed by atoms with E-state index in [0.29, 0.717) is 11.1 Å². The zero-order chi connectivity index (χ0) is 10.7. The molecule has 2 heteroatoms. The summed E-state index contributed by atoms with van der Waals surface area (Å²) in [5.41, 5.74) is 1.11. The molecule has 0 aliphatic heterocycles. The van der Waals surface area contributed by atoms with E-state index in [1.807, 2.05) is 6.07 Å². The van der Waals surface area contributed by atoms with Crippen LogP contribution in [0.4, 0.5) is 0 Å². The number of Topliss-reactive ketones (excluding diaryl/α,β-unsaturated/α-hetero) is 1. The molecule has 0 radical (unpaired) electrons. The van der Waals surface area contributed by atoms with E-state index in [0.717, 1.165) is 25.7 Å². The Morgan fingerprint density at radius 1 is 1.27 bits per heavy atom. The number of nitrogens with zero attached hydrogens (tertiary/aromatic N) is 1. The van der Waals surface area contributed by atoms with Gasteiger partial charge in [0.05, 0.1) is 11.6 Å². The molecule has 1 saturated carbocycles. The Bertz CT molecular complexity index is 411. The van der Waals surface area contributed by atoms with Crippen LogP contribution >= 0.6 is 0 Å². The average Bonchev–Trinajstić information content (AvgIpc) is 2.81. The van der Waals surface area contributed by atoms with Crippen molar-refractivity contribution in [1.82, 2.24) is 0 Å². The normalized spacial score (nSPS) is 16.2. The molecule has 0 unspecified atom stereocenters. The Morgan fingerprint density at radius 3 is 2.60 bits per heavy atom. The van der Waals surface area contributed by atoms with Crippen molar-refractivity contribution in [2.45, 2.75) is 25.7 Å². The van der Waals surface area contributed by atoms with E-state index in [9.17, 15) is 4.79 Å². The Kier molecular flexibility index (Phi) is 2.82. The fraction of sp³-hybridized carbons (Fsp3) is 0.385. The van der Waals surface area contributed by atoms with Gasteiger partial charge in [-0.25, -0.2) is 0 Å². The number of ketones is 1. The molecular formula is C13H13NO. The molecular weight excluding hydrogens is 186 g/mol. The zero-order valence-electron chi connectivity index (χ0n) is 8.57. The number of hydrogen-bond donors (Lipinski definition) is 0. The highest BCUT2D eigenvalue weighted by atomic mass is 16.1. The molecule has 1 aromatic carbocycles. The predicted octanol–water partition coefficient (Wildman–Crippen LogP) is 2.93. The molecule has 1 fully saturated rings. The minimum Gasteiger partial charge on any atom is -0.294 e. The van der Waals surface area contributed by atoms with E-state index in [1.54, 1.807) is 18.2 Å². The lowest BCUT2D eigenvalue weighted by Gasteiger charge is -2.08. The van der Waals surface area contributed by atoms with E-state index in [4.69, 9.17) is 5.26 Å². The maximum Gasteiger partial charge on any atom is 0.167 e. The predicted molar refractivity (Wildman–Crippen MR) is 57.4 cm³/mol. The van der Waals surface area contributed by atoms with Crippen LogP contribution in [0, 0.1) is 17.2 Å². The third-order valence-electron chi connectivity index (χ3n) is 3.04. The fourth-order valence-electron chi connectivity index (χ4n) is 2.20. The molecule has 2 rings (SSSR count). The van der Waals surface area contributed by atoms with Gasteiger partial charge in [0.1, 0.15) is 0 Å². The maximum atomic E-state index is 12.1. The minimum atomic E-state index is 0.152. The van der Waals surface area contributed by atoms with Crippen LogP contribution in [0.5, 0.6) is 0 Å². The first-order valence-corrected chi connectivity index (χ1v) is 5.36. The van der Waals surface area contributed by atoms with Crippen molar-refractivity contribution in [3.63, 3.8) is 0 Å². The summed E-state index contributed by atoms with van der Waals surface area (Å²) < 4.78 is 0. The van der Waals surface area contributed by atoms with Gasteiger partial charge < -0.3 is 0 Å². The van der Waals surface area contributed by atoms with Crippen molar-refractivity contribution in [3.8, 4) is 6.07 Å². The van der Waals surface area contributed by atoms with Gasteiger partial charge >= 0.3 is 0 Å². The van der Waals surface area contributed by atoms with E-state index >= 15 is 0 Å². The molecule has 15 heavy (non-hydrogen) atoms. The first-order chi connectivity index (χ1) is 7.33. The highest BCUT2D eigenvalue weighted by molar-refractivity contribution is 6.00. The Hall–Kier alpha value is -1.62. The van der Waals surface area contributed by atoms with Crippen LogP contribution in [-0.4, -0.2) is 5.78 Å². The fourth-order valence-corrected chi connectivity index (χ4v) is 2.20. The van der Waals surface area contributed by atoms with Gasteiger partial charge in [-0.2, -0.15) is 5.26 Å². The molecule has 0 heterocycles. The lowest BCUT2D eigenvalue weighted by molar-refractivity contribution is 0.0922. The van der Waals surface area contributed by atoms with E-state index in [2.05, 4.69) is 6.07 Å². The van der Waals surface area contributed by atoms with Crippen molar-refractivity contribution in [3.05, 3.63) is 35.4 Å². The third kappa shape index (κ3) is 1.92. The van der Waals surface area contributed by atoms with Gasteiger partial charge in [-0.15, -0.1) is 0 Å². The molecule has 0 N–H and O–H groups in total. The molecule has 0 saturated heterocycles. The van der Waals surface area contributed by atoms with Crippen LogP contribution in [-0.2, 0) is 0 Å². The van der Waals surface area contributed by atoms with Crippen molar-refractivity contribution in [2.24, 2.45) is 5.92 Å². The quantitative estimate of drug-likeness (QED) is 0.687. The molecule has 1 aliphatic rings. The number of carbonyl (C=O) groups excluding carboxylic acids is 1. The van der Waals surface area contributed by atoms with E-state index in [1.165, 1.54) is 0 Å². The van der Waals surface area contributed by atoms with Crippen molar-refractivity contribution in [2.75, 3.05) is 0 Å². The summed E-state index contributed by atoms with van der Waals surface area (Å²) in [4.78, 5) is 12.1. The molecule has 0 bridgehead atoms. The summed E-state index contributed by atoms with van der Waals surface area (Å²) in [6.07, 6.45) is 4.26. The summed E-state index contributed by atoms with van der Waals surface area (Å²) in [6, 6.07) is 9.17. The SMILES string of the molecule is N#Cc1ccccc1C(=O)C1CCCC1. The van der Waals surface area contributed by atoms with Gasteiger partial charge in [0.25, 0.3) is 0 Å². The summed E-state index contributed by atoms with van der Waals surface area (Å²) in [5.74, 6) is 0.309. The topological polar surface area (TPSA) is 40.9 Å². The minimum absolute atomic E-state index is 0.152. The van der Waals surface area contributed by atoms with Gasteiger partial charge in [0.2, 0.25) is 0 Å². The van der Waals surface area contributed by atoms with Crippen molar-refractivity contribution >= 4 is 5.78 Å². The van der Waals surface area contributed by atoms with Crippen LogP contribution in [0.3, 0.4) is 0 Å². The molecule has 0 atom stereocenters. The van der Waals surface area contributed by atoms with E-state index < -0.39 is 0 Å². The monoisotopic (exact) mass is 199 g/mol. The van der Waals surface area contributed by atoms with Gasteiger partial charge in [-0.05, 0) is 18.9 Å². The standard InChI is InChI=1S/C13H13NO/c14-9-11-7-3-4-8-12(11)13(15)10-5-1-2-6-10/h3-4,7-8,10H,1-2,5-6H2. The second-order valence-electron chi connectivity index (χ2n) is 4.00. The van der Waals surface area contributed by atoms with Crippen LogP contribution < -0.4 is 0 Å². The first-order valence-electron chi connectivity index (χ1n) is 5.36. The van der Waals surface area contributed by atoms with Crippen LogP contribution in [0.2, 0.25) is 0 Å². The number of nitriles is 1. The highest BCUT2D eigenvalue weighted by Crippen LogP contribution is 2.28. The lowest BCUT2D eigenvalue weighted by Crippen LogP contribution is -2.12. The second kappa shape index (κ2) is 4.27. The summed E-state index contributed by atoms with van der Waals surface area (Å²) in [7, 11) is 0. The van der Waals surface area contributed by atoms with Crippen LogP contribution in [0.15, 0.2) is 24.3 Å². The van der Waals surface area contributed by atoms with Gasteiger partial charge in [0, 0.05) is 11.5 Å². The van der Waals surface area contributed by atoms with E-state index in [-0.39, 0.29) is 11.7 Å². The first kappa shape index (κ1) is 9.92. The summed E-state index contributed by atoms with van der Waals surface area (Å²) in [5, 5.41) is 8.91. The molecule has 0 aromatic heterocycles. The van der Waals surface area contributed by atoms with Gasteiger partial charge in [0.15, 0.2) is 5.78 Å². The Balaban J connectivity index is 2.29. The molecule has 76 valence electrons. The Morgan fingerprint density at radius 2 is 1.93 bits per heavy atom. The molecule has 0 amide bonds. The summed E-state index contributed by atoms with van der Waals surface area (Å²) in [6.45, 7) is 0. The zero-order valence-corrected chi connectivity index (χ0v) is 8.57. The maximum absolute atomic E-state index is 12.1. The highest BCUT2D eigenvalue weighted by Gasteiger charge is 2.25. The van der Waals surface area contributed by atoms with Crippen molar-refractivity contribution < 1.29 is 4.79 Å². The number of benzene rings is 1. The molecule has 1 aromatic rings. The largest absolute Gasteiger partial charge is 0.294 e. The second-order valence-corrected chi connectivity index (χ2v) is 4.00. The number of rotatable bonds is 2.